The second kappa shape index (κ2) is 22.3. The maximum Gasteiger partial charge on any atom is 0.271 e. The quantitative estimate of drug-likeness (QED) is 0.0502. The number of halogens is 2. The number of unbranched alkanes of at least 4 members (excludes halogenated alkanes) is 8. The number of rotatable bonds is 22. The van der Waals surface area contributed by atoms with Crippen molar-refractivity contribution in [2.75, 3.05) is 31.6 Å². The second-order valence-electron chi connectivity index (χ2n) is 16.5. The van der Waals surface area contributed by atoms with E-state index in [-0.39, 0.29) is 62.9 Å². The zero-order valence-electron chi connectivity index (χ0n) is 35.7. The van der Waals surface area contributed by atoms with Crippen LogP contribution in [0.1, 0.15) is 137 Å². The van der Waals surface area contributed by atoms with Crippen molar-refractivity contribution in [1.29, 1.82) is 0 Å². The average molecular weight is 918 g/mol. The number of aryl methyl sites for hydroxylation is 2. The molecule has 1 unspecified atom stereocenters. The number of piperidine rings is 2. The van der Waals surface area contributed by atoms with Crippen molar-refractivity contribution in [3.05, 3.63) is 86.9 Å². The van der Waals surface area contributed by atoms with Crippen LogP contribution in [0.5, 0.6) is 5.75 Å². The number of carbonyl (C=O) groups is 6. The number of ether oxygens (including phenoxy) is 1. The number of carbonyl (C=O) groups excluding carboxylic acids is 6. The fraction of sp³-hybridized carbons (Fsp3) is 0.489. The number of nitrogens with one attached hydrogen (secondary N) is 4. The molecule has 2 aromatic heterocycles. The first-order valence-electron chi connectivity index (χ1n) is 22.3. The minimum absolute atomic E-state index is 0.0302. The van der Waals surface area contributed by atoms with E-state index in [4.69, 9.17) is 27.9 Å². The molecule has 5 heterocycles. The summed E-state index contributed by atoms with van der Waals surface area (Å²) in [6.07, 6.45) is 16.7. The van der Waals surface area contributed by atoms with Gasteiger partial charge in [0.1, 0.15) is 17.5 Å². The Bertz CT molecular complexity index is 2300. The number of fused-ring (bicyclic) bond motifs is 1. The SMILES string of the molecule is O=C1CCC(N2C(=O)c3cccc(OCCCCCCCn4cc(CCCCCCCN5CCC(NC(=O)c6[nH]ncc6NC(=O)c6c(Cl)cccc6Cl)CC5)nn4)c3C2=O)C(=O)N1. The summed E-state index contributed by atoms with van der Waals surface area (Å²) in [5, 5.41) is 23.8. The van der Waals surface area contributed by atoms with Crippen LogP contribution >= 0.6 is 23.2 Å². The largest absolute Gasteiger partial charge is 0.493 e. The van der Waals surface area contributed by atoms with E-state index >= 15 is 0 Å². The van der Waals surface area contributed by atoms with Crippen LogP contribution in [0.15, 0.2) is 48.8 Å². The van der Waals surface area contributed by atoms with Crippen LogP contribution in [0.25, 0.3) is 0 Å². The Morgan fingerprint density at radius 1 is 0.812 bits per heavy atom. The molecule has 340 valence electrons. The highest BCUT2D eigenvalue weighted by Crippen LogP contribution is 2.34. The minimum Gasteiger partial charge on any atom is -0.493 e. The number of aromatic amines is 1. The second-order valence-corrected chi connectivity index (χ2v) is 17.3. The van der Waals surface area contributed by atoms with Gasteiger partial charge in [-0.25, -0.2) is 0 Å². The zero-order valence-corrected chi connectivity index (χ0v) is 37.2. The lowest BCUT2D eigenvalue weighted by Crippen LogP contribution is -2.54. The average Bonchev–Trinajstić information content (AvgIpc) is 4.00. The molecule has 17 nitrogen and oxygen atoms in total. The Balaban J connectivity index is 0.693. The molecule has 0 radical (unpaired) electrons. The van der Waals surface area contributed by atoms with E-state index in [1.165, 1.54) is 19.0 Å². The summed E-state index contributed by atoms with van der Waals surface area (Å²) in [7, 11) is 0. The van der Waals surface area contributed by atoms with Crippen LogP contribution in [-0.2, 0) is 22.6 Å². The van der Waals surface area contributed by atoms with Crippen molar-refractivity contribution < 1.29 is 33.5 Å². The Kier molecular flexibility index (Phi) is 16.2. The van der Waals surface area contributed by atoms with Gasteiger partial charge in [-0.2, -0.15) is 5.10 Å². The normalized spacial score (nSPS) is 16.8. The van der Waals surface area contributed by atoms with Gasteiger partial charge in [0.15, 0.2) is 0 Å². The van der Waals surface area contributed by atoms with Crippen molar-refractivity contribution in [3.8, 4) is 5.75 Å². The Hall–Kier alpha value is -5.65. The minimum atomic E-state index is -1.01. The van der Waals surface area contributed by atoms with Gasteiger partial charge in [0.25, 0.3) is 23.6 Å². The highest BCUT2D eigenvalue weighted by atomic mass is 35.5. The van der Waals surface area contributed by atoms with Gasteiger partial charge in [0.2, 0.25) is 11.8 Å². The summed E-state index contributed by atoms with van der Waals surface area (Å²) in [5.41, 5.74) is 1.97. The van der Waals surface area contributed by atoms with Crippen molar-refractivity contribution in [3.63, 3.8) is 0 Å². The maximum atomic E-state index is 13.3. The van der Waals surface area contributed by atoms with Crippen LogP contribution < -0.4 is 20.7 Å². The number of hydrogen-bond donors (Lipinski definition) is 4. The molecular weight excluding hydrogens is 863 g/mol. The molecule has 0 bridgehead atoms. The van der Waals surface area contributed by atoms with E-state index in [0.29, 0.717) is 12.4 Å². The first-order chi connectivity index (χ1) is 31.1. The fourth-order valence-electron chi connectivity index (χ4n) is 8.44. The number of hydrogen-bond acceptors (Lipinski definition) is 11. The molecule has 3 aliphatic rings. The summed E-state index contributed by atoms with van der Waals surface area (Å²) in [4.78, 5) is 79.6. The number of anilines is 1. The maximum absolute atomic E-state index is 13.3. The zero-order chi connectivity index (χ0) is 45.0. The Morgan fingerprint density at radius 2 is 1.52 bits per heavy atom. The number of aromatic nitrogens is 5. The molecule has 2 fully saturated rings. The molecule has 0 spiro atoms. The summed E-state index contributed by atoms with van der Waals surface area (Å²) in [6.45, 7) is 4.08. The molecule has 2 saturated heterocycles. The third-order valence-electron chi connectivity index (χ3n) is 11.9. The van der Waals surface area contributed by atoms with Crippen LogP contribution in [0.3, 0.4) is 0 Å². The van der Waals surface area contributed by atoms with E-state index < -0.39 is 35.6 Å². The van der Waals surface area contributed by atoms with Crippen molar-refractivity contribution >= 4 is 64.3 Å². The van der Waals surface area contributed by atoms with Crippen LogP contribution in [0.2, 0.25) is 10.0 Å². The molecule has 1 atom stereocenters. The third kappa shape index (κ3) is 11.7. The monoisotopic (exact) mass is 916 g/mol. The first-order valence-corrected chi connectivity index (χ1v) is 23.0. The van der Waals surface area contributed by atoms with Gasteiger partial charge in [-0.1, -0.05) is 79.1 Å². The lowest BCUT2D eigenvalue weighted by molar-refractivity contribution is -0.136. The van der Waals surface area contributed by atoms with Crippen LogP contribution in [0.4, 0.5) is 5.69 Å². The van der Waals surface area contributed by atoms with Gasteiger partial charge in [0.05, 0.1) is 50.9 Å². The highest BCUT2D eigenvalue weighted by Gasteiger charge is 2.46. The van der Waals surface area contributed by atoms with Crippen molar-refractivity contribution in [2.24, 2.45) is 0 Å². The topological polar surface area (TPSA) is 214 Å². The van der Waals surface area contributed by atoms with Gasteiger partial charge in [0, 0.05) is 38.3 Å². The molecule has 19 heteroatoms. The number of amides is 6. The van der Waals surface area contributed by atoms with Crippen LogP contribution in [0, 0.1) is 0 Å². The predicted octanol–water partition coefficient (Wildman–Crippen LogP) is 6.38. The number of imide groups is 2. The van der Waals surface area contributed by atoms with Gasteiger partial charge < -0.3 is 20.3 Å². The smallest absolute Gasteiger partial charge is 0.271 e. The molecule has 0 aliphatic carbocycles. The molecule has 6 amide bonds. The van der Waals surface area contributed by atoms with E-state index in [0.717, 1.165) is 107 Å². The molecule has 4 N–H and O–H groups in total. The van der Waals surface area contributed by atoms with Gasteiger partial charge in [-0.15, -0.1) is 5.10 Å². The van der Waals surface area contributed by atoms with Crippen molar-refractivity contribution in [2.45, 2.75) is 115 Å². The lowest BCUT2D eigenvalue weighted by Gasteiger charge is -2.32. The molecule has 7 rings (SSSR count). The number of H-pyrrole nitrogens is 1. The molecular formula is C45H54Cl2N10O7. The third-order valence-corrected chi connectivity index (χ3v) is 12.6. The fourth-order valence-corrected chi connectivity index (χ4v) is 9.01. The van der Waals surface area contributed by atoms with Gasteiger partial charge in [-0.05, 0) is 82.2 Å². The Morgan fingerprint density at radius 3 is 2.28 bits per heavy atom. The van der Waals surface area contributed by atoms with E-state index in [1.54, 1.807) is 36.4 Å². The summed E-state index contributed by atoms with van der Waals surface area (Å²) in [6, 6.07) is 8.72. The highest BCUT2D eigenvalue weighted by molar-refractivity contribution is 6.40. The number of benzene rings is 2. The van der Waals surface area contributed by atoms with E-state index in [9.17, 15) is 28.8 Å². The number of likely N-dealkylation sites (tertiary alicyclic amines) is 1. The molecule has 2 aromatic carbocycles. The standard InChI is InChI=1S/C45H54Cl2N10O7/c46-32-15-12-16-33(47)39(32)42(60)50-34-27-48-53-40(34)43(61)49-29-20-24-55(25-21-29)22-8-4-1-3-7-13-30-28-56(54-52-30)23-9-5-2-6-10-26-64-36-17-11-14-31-38(36)45(63)57(44(31)62)35-18-19-37(58)51-41(35)59/h11-12,14-17,27-29,35H,1-10,13,18-26H2,(H,48,53)(H,49,61)(H,50,60)(H,51,58,59). The predicted molar refractivity (Wildman–Crippen MR) is 238 cm³/mol. The summed E-state index contributed by atoms with van der Waals surface area (Å²) in [5.74, 6) is -2.68. The Labute approximate surface area is 381 Å². The molecule has 64 heavy (non-hydrogen) atoms. The first kappa shape index (κ1) is 46.3. The van der Waals surface area contributed by atoms with Crippen LogP contribution in [-0.4, -0.2) is 109 Å². The molecule has 0 saturated carbocycles. The summed E-state index contributed by atoms with van der Waals surface area (Å²) >= 11 is 12.4. The number of nitrogens with zero attached hydrogens (tertiary/aromatic N) is 6. The molecule has 3 aliphatic heterocycles. The van der Waals surface area contributed by atoms with E-state index in [2.05, 4.69) is 47.6 Å². The van der Waals surface area contributed by atoms with Crippen molar-refractivity contribution in [1.82, 2.24) is 45.6 Å². The lowest BCUT2D eigenvalue weighted by atomic mass is 10.0. The van der Waals surface area contributed by atoms with Gasteiger partial charge >= 0.3 is 0 Å². The van der Waals surface area contributed by atoms with E-state index in [1.807, 2.05) is 4.68 Å². The summed E-state index contributed by atoms with van der Waals surface area (Å²) < 4.78 is 7.88. The molecule has 4 aromatic rings. The van der Waals surface area contributed by atoms with Gasteiger partial charge in [-0.3, -0.25) is 48.8 Å².